The Morgan fingerprint density at radius 2 is 2.13 bits per heavy atom. The van der Waals surface area contributed by atoms with Crippen LogP contribution >= 0.6 is 23.1 Å². The molecule has 0 spiro atoms. The minimum Gasteiger partial charge on any atom is -0.322 e. The summed E-state index contributed by atoms with van der Waals surface area (Å²) in [5.74, 6) is 0.651. The zero-order valence-corrected chi connectivity index (χ0v) is 9.72. The second kappa shape index (κ2) is 4.26. The van der Waals surface area contributed by atoms with Crippen LogP contribution in [0.4, 0.5) is 0 Å². The van der Waals surface area contributed by atoms with Crippen LogP contribution in [0.3, 0.4) is 0 Å². The summed E-state index contributed by atoms with van der Waals surface area (Å²) in [5.41, 5.74) is 6.57. The molecule has 15 heavy (non-hydrogen) atoms. The first kappa shape index (κ1) is 10.5. The van der Waals surface area contributed by atoms with E-state index in [-0.39, 0.29) is 6.04 Å². The van der Waals surface area contributed by atoms with Gasteiger partial charge in [0.25, 0.3) is 0 Å². The van der Waals surface area contributed by atoms with Crippen LogP contribution in [0.15, 0.2) is 24.3 Å². The maximum atomic E-state index is 6.04. The van der Waals surface area contributed by atoms with Crippen molar-refractivity contribution >= 4 is 23.1 Å². The molecule has 1 unspecified atom stereocenters. The van der Waals surface area contributed by atoms with Gasteiger partial charge in [0, 0.05) is 5.56 Å². The standard InChI is InChI=1S/C10H10ClN3S/c1-6(12)10-13-9(14-15-10)7-4-2-3-5-8(7)11/h2-6H,12H2,1H3. The third-order valence-electron chi connectivity index (χ3n) is 1.95. The summed E-state index contributed by atoms with van der Waals surface area (Å²) < 4.78 is 4.23. The highest BCUT2D eigenvalue weighted by molar-refractivity contribution is 7.05. The first-order chi connectivity index (χ1) is 7.18. The second-order valence-corrected chi connectivity index (χ2v) is 4.42. The van der Waals surface area contributed by atoms with Crippen LogP contribution < -0.4 is 5.73 Å². The number of halogens is 1. The lowest BCUT2D eigenvalue weighted by Gasteiger charge is -1.98. The molecule has 0 aliphatic rings. The lowest BCUT2D eigenvalue weighted by atomic mass is 10.2. The Kier molecular flexibility index (Phi) is 3.00. The number of hydrogen-bond donors (Lipinski definition) is 1. The van der Waals surface area contributed by atoms with Gasteiger partial charge in [-0.15, -0.1) is 0 Å². The van der Waals surface area contributed by atoms with Crippen molar-refractivity contribution < 1.29 is 0 Å². The van der Waals surface area contributed by atoms with Gasteiger partial charge in [-0.3, -0.25) is 0 Å². The zero-order valence-electron chi connectivity index (χ0n) is 8.14. The van der Waals surface area contributed by atoms with Crippen molar-refractivity contribution in [3.8, 4) is 11.4 Å². The Bertz CT molecular complexity index is 467. The average molecular weight is 240 g/mol. The minimum absolute atomic E-state index is 0.0845. The fourth-order valence-corrected chi connectivity index (χ4v) is 2.01. The zero-order chi connectivity index (χ0) is 10.8. The molecule has 1 aromatic heterocycles. The van der Waals surface area contributed by atoms with Crippen LogP contribution in [0, 0.1) is 0 Å². The van der Waals surface area contributed by atoms with Crippen LogP contribution in [-0.4, -0.2) is 9.36 Å². The smallest absolute Gasteiger partial charge is 0.174 e. The van der Waals surface area contributed by atoms with Crippen LogP contribution in [0.5, 0.6) is 0 Å². The fourth-order valence-electron chi connectivity index (χ4n) is 1.17. The molecule has 78 valence electrons. The summed E-state index contributed by atoms with van der Waals surface area (Å²) in [6, 6.07) is 7.43. The fraction of sp³-hybridized carbons (Fsp3) is 0.200. The quantitative estimate of drug-likeness (QED) is 0.877. The Labute approximate surface area is 97.1 Å². The SMILES string of the molecule is CC(N)c1nc(-c2ccccc2Cl)ns1. The molecule has 5 heteroatoms. The van der Waals surface area contributed by atoms with Gasteiger partial charge in [0.2, 0.25) is 0 Å². The van der Waals surface area contributed by atoms with Gasteiger partial charge in [-0.2, -0.15) is 4.37 Å². The van der Waals surface area contributed by atoms with Crippen molar-refractivity contribution in [3.05, 3.63) is 34.3 Å². The van der Waals surface area contributed by atoms with Gasteiger partial charge in [0.15, 0.2) is 5.82 Å². The van der Waals surface area contributed by atoms with Crippen molar-refractivity contribution in [1.29, 1.82) is 0 Å². The minimum atomic E-state index is -0.0845. The summed E-state index contributed by atoms with van der Waals surface area (Å²) in [5, 5.41) is 1.48. The van der Waals surface area contributed by atoms with E-state index < -0.39 is 0 Å². The number of nitrogens with zero attached hydrogens (tertiary/aromatic N) is 2. The molecule has 0 amide bonds. The highest BCUT2D eigenvalue weighted by atomic mass is 35.5. The average Bonchev–Trinajstić information content (AvgIpc) is 2.67. The summed E-state index contributed by atoms with van der Waals surface area (Å²) in [6.45, 7) is 1.89. The first-order valence-corrected chi connectivity index (χ1v) is 5.67. The van der Waals surface area contributed by atoms with E-state index >= 15 is 0 Å². The normalized spacial score (nSPS) is 12.7. The van der Waals surface area contributed by atoms with Gasteiger partial charge in [-0.1, -0.05) is 23.7 Å². The van der Waals surface area contributed by atoms with E-state index in [2.05, 4.69) is 9.36 Å². The van der Waals surface area contributed by atoms with Gasteiger partial charge < -0.3 is 5.73 Å². The topological polar surface area (TPSA) is 51.8 Å². The van der Waals surface area contributed by atoms with Crippen LogP contribution in [-0.2, 0) is 0 Å². The molecular formula is C10H10ClN3S. The molecule has 0 aliphatic carbocycles. The highest BCUT2D eigenvalue weighted by Gasteiger charge is 2.11. The number of benzene rings is 1. The summed E-state index contributed by atoms with van der Waals surface area (Å²) in [6.07, 6.45) is 0. The molecule has 0 radical (unpaired) electrons. The van der Waals surface area contributed by atoms with Crippen molar-refractivity contribution in [3.63, 3.8) is 0 Å². The molecule has 3 nitrogen and oxygen atoms in total. The van der Waals surface area contributed by atoms with Gasteiger partial charge in [-0.25, -0.2) is 4.98 Å². The Morgan fingerprint density at radius 1 is 1.40 bits per heavy atom. The molecule has 2 N–H and O–H groups in total. The Morgan fingerprint density at radius 3 is 2.73 bits per heavy atom. The molecule has 0 saturated carbocycles. The summed E-state index contributed by atoms with van der Waals surface area (Å²) in [7, 11) is 0. The first-order valence-electron chi connectivity index (χ1n) is 4.52. The molecular weight excluding hydrogens is 230 g/mol. The lowest BCUT2D eigenvalue weighted by Crippen LogP contribution is -2.03. The molecule has 1 heterocycles. The lowest BCUT2D eigenvalue weighted by molar-refractivity contribution is 0.807. The molecule has 2 aromatic rings. The Hall–Kier alpha value is -0.970. The van der Waals surface area contributed by atoms with E-state index in [1.807, 2.05) is 31.2 Å². The monoisotopic (exact) mass is 239 g/mol. The van der Waals surface area contributed by atoms with Crippen molar-refractivity contribution in [1.82, 2.24) is 9.36 Å². The van der Waals surface area contributed by atoms with Gasteiger partial charge in [0.1, 0.15) is 5.01 Å². The molecule has 1 aromatic carbocycles. The van der Waals surface area contributed by atoms with E-state index in [0.717, 1.165) is 10.6 Å². The van der Waals surface area contributed by atoms with Gasteiger partial charge in [0.05, 0.1) is 11.1 Å². The molecule has 0 fully saturated rings. The van der Waals surface area contributed by atoms with Crippen molar-refractivity contribution in [2.45, 2.75) is 13.0 Å². The number of aromatic nitrogens is 2. The highest BCUT2D eigenvalue weighted by Crippen LogP contribution is 2.27. The van der Waals surface area contributed by atoms with Crippen LogP contribution in [0.25, 0.3) is 11.4 Å². The third-order valence-corrected chi connectivity index (χ3v) is 3.19. The maximum absolute atomic E-state index is 6.04. The summed E-state index contributed by atoms with van der Waals surface area (Å²) in [4.78, 5) is 4.34. The predicted octanol–water partition coefficient (Wildman–Crippen LogP) is 2.88. The molecule has 0 bridgehead atoms. The molecule has 1 atom stereocenters. The molecule has 2 rings (SSSR count). The van der Waals surface area contributed by atoms with Crippen molar-refractivity contribution in [2.24, 2.45) is 5.73 Å². The largest absolute Gasteiger partial charge is 0.322 e. The molecule has 0 aliphatic heterocycles. The van der Waals surface area contributed by atoms with E-state index in [1.165, 1.54) is 11.5 Å². The Balaban J connectivity index is 2.42. The third kappa shape index (κ3) is 2.17. The van der Waals surface area contributed by atoms with E-state index in [1.54, 1.807) is 0 Å². The predicted molar refractivity (Wildman–Crippen MR) is 63.0 cm³/mol. The van der Waals surface area contributed by atoms with Gasteiger partial charge >= 0.3 is 0 Å². The summed E-state index contributed by atoms with van der Waals surface area (Å²) >= 11 is 7.36. The van der Waals surface area contributed by atoms with Crippen LogP contribution in [0.1, 0.15) is 18.0 Å². The van der Waals surface area contributed by atoms with Gasteiger partial charge in [-0.05, 0) is 30.6 Å². The van der Waals surface area contributed by atoms with Crippen LogP contribution in [0.2, 0.25) is 5.02 Å². The maximum Gasteiger partial charge on any atom is 0.174 e. The molecule has 0 saturated heterocycles. The number of rotatable bonds is 2. The second-order valence-electron chi connectivity index (χ2n) is 3.22. The van der Waals surface area contributed by atoms with E-state index in [9.17, 15) is 0 Å². The number of hydrogen-bond acceptors (Lipinski definition) is 4. The van der Waals surface area contributed by atoms with Crippen molar-refractivity contribution in [2.75, 3.05) is 0 Å². The number of nitrogens with two attached hydrogens (primary N) is 1. The van der Waals surface area contributed by atoms with E-state index in [0.29, 0.717) is 10.8 Å². The van der Waals surface area contributed by atoms with E-state index in [4.69, 9.17) is 17.3 Å².